The van der Waals surface area contributed by atoms with Crippen LogP contribution in [0.1, 0.15) is 31.5 Å². The van der Waals surface area contributed by atoms with Crippen molar-refractivity contribution < 1.29 is 9.53 Å². The normalized spacial score (nSPS) is 18.6. The van der Waals surface area contributed by atoms with Crippen LogP contribution in [-0.2, 0) is 4.79 Å². The highest BCUT2D eigenvalue weighted by atomic mass is 16.5. The van der Waals surface area contributed by atoms with Crippen LogP contribution in [0.5, 0.6) is 5.88 Å². The third-order valence-corrected chi connectivity index (χ3v) is 3.33. The molecule has 5 nitrogen and oxygen atoms in total. The standard InChI is InChI=1S/C15H21N3O2/c1-3-4-7-15(19)18-10-5-6-13(11-18)20-14-8-9-16-12(2)17-14/h3,8-9,13H,1,4-7,10-11H2,2H3/t13-/m1/s1. The molecule has 2 heterocycles. The lowest BCUT2D eigenvalue weighted by Crippen LogP contribution is -2.44. The van der Waals surface area contributed by atoms with Gasteiger partial charge in [0.1, 0.15) is 11.9 Å². The minimum atomic E-state index is 0.0192. The Hall–Kier alpha value is -1.91. The first-order valence-corrected chi connectivity index (χ1v) is 7.04. The molecule has 5 heteroatoms. The van der Waals surface area contributed by atoms with Crippen LogP contribution < -0.4 is 4.74 Å². The first kappa shape index (κ1) is 14.5. The van der Waals surface area contributed by atoms with Gasteiger partial charge in [0.15, 0.2) is 0 Å². The number of aryl methyl sites for hydroxylation is 1. The lowest BCUT2D eigenvalue weighted by Gasteiger charge is -2.32. The minimum absolute atomic E-state index is 0.0192. The van der Waals surface area contributed by atoms with Gasteiger partial charge < -0.3 is 9.64 Å². The average molecular weight is 275 g/mol. The van der Waals surface area contributed by atoms with E-state index in [0.29, 0.717) is 24.7 Å². The highest BCUT2D eigenvalue weighted by molar-refractivity contribution is 5.76. The van der Waals surface area contributed by atoms with Crippen molar-refractivity contribution >= 4 is 5.91 Å². The monoisotopic (exact) mass is 275 g/mol. The van der Waals surface area contributed by atoms with Gasteiger partial charge >= 0.3 is 0 Å². The first-order valence-electron chi connectivity index (χ1n) is 7.04. The van der Waals surface area contributed by atoms with E-state index in [2.05, 4.69) is 16.5 Å². The van der Waals surface area contributed by atoms with Gasteiger partial charge in [-0.2, -0.15) is 4.98 Å². The molecule has 0 aromatic carbocycles. The van der Waals surface area contributed by atoms with E-state index in [1.54, 1.807) is 18.3 Å². The van der Waals surface area contributed by atoms with Crippen molar-refractivity contribution in [3.05, 3.63) is 30.7 Å². The molecule has 20 heavy (non-hydrogen) atoms. The highest BCUT2D eigenvalue weighted by Gasteiger charge is 2.24. The number of amides is 1. The molecule has 1 fully saturated rings. The molecule has 1 amide bonds. The summed E-state index contributed by atoms with van der Waals surface area (Å²) in [6.45, 7) is 6.94. The molecule has 108 valence electrons. The third kappa shape index (κ3) is 4.05. The number of rotatable bonds is 5. The lowest BCUT2D eigenvalue weighted by atomic mass is 10.1. The van der Waals surface area contributed by atoms with Gasteiger partial charge in [0.2, 0.25) is 11.8 Å². The molecule has 0 bridgehead atoms. The van der Waals surface area contributed by atoms with Gasteiger partial charge in [0.25, 0.3) is 0 Å². The number of nitrogens with zero attached hydrogens (tertiary/aromatic N) is 3. The molecular formula is C15H21N3O2. The van der Waals surface area contributed by atoms with Crippen molar-refractivity contribution in [3.63, 3.8) is 0 Å². The SMILES string of the molecule is C=CCCC(=O)N1CCC[C@@H](Oc2ccnc(C)n2)C1. The predicted molar refractivity (Wildman–Crippen MR) is 76.4 cm³/mol. The quantitative estimate of drug-likeness (QED) is 0.772. The molecule has 0 aliphatic carbocycles. The van der Waals surface area contributed by atoms with Crippen LogP contribution >= 0.6 is 0 Å². The Morgan fingerprint density at radius 3 is 3.25 bits per heavy atom. The second-order valence-corrected chi connectivity index (χ2v) is 4.99. The number of ether oxygens (including phenoxy) is 1. The maximum absolute atomic E-state index is 12.0. The number of allylic oxidation sites excluding steroid dienone is 1. The summed E-state index contributed by atoms with van der Waals surface area (Å²) in [5.74, 6) is 1.46. The number of hydrogen-bond acceptors (Lipinski definition) is 4. The topological polar surface area (TPSA) is 55.3 Å². The number of piperidine rings is 1. The highest BCUT2D eigenvalue weighted by Crippen LogP contribution is 2.17. The molecule has 0 unspecified atom stereocenters. The molecule has 2 rings (SSSR count). The van der Waals surface area contributed by atoms with E-state index < -0.39 is 0 Å². The Bertz CT molecular complexity index is 476. The van der Waals surface area contributed by atoms with E-state index in [-0.39, 0.29) is 12.0 Å². The molecule has 1 aliphatic rings. The van der Waals surface area contributed by atoms with E-state index in [1.807, 2.05) is 11.8 Å². The van der Waals surface area contributed by atoms with Crippen molar-refractivity contribution in [3.8, 4) is 5.88 Å². The number of hydrogen-bond donors (Lipinski definition) is 0. The van der Waals surface area contributed by atoms with Crippen molar-refractivity contribution in [2.75, 3.05) is 13.1 Å². The van der Waals surface area contributed by atoms with Gasteiger partial charge in [0, 0.05) is 25.2 Å². The Balaban J connectivity index is 1.90. The van der Waals surface area contributed by atoms with Gasteiger partial charge in [-0.3, -0.25) is 4.79 Å². The Morgan fingerprint density at radius 1 is 1.65 bits per heavy atom. The molecule has 0 N–H and O–H groups in total. The van der Waals surface area contributed by atoms with E-state index in [4.69, 9.17) is 4.74 Å². The molecule has 0 spiro atoms. The second kappa shape index (κ2) is 7.03. The smallest absolute Gasteiger partial charge is 0.223 e. The van der Waals surface area contributed by atoms with Crippen molar-refractivity contribution in [2.45, 2.75) is 38.7 Å². The molecule has 1 saturated heterocycles. The average Bonchev–Trinajstić information content (AvgIpc) is 2.45. The molecule has 0 saturated carbocycles. The summed E-state index contributed by atoms with van der Waals surface area (Å²) in [5, 5.41) is 0. The molecular weight excluding hydrogens is 254 g/mol. The maximum atomic E-state index is 12.0. The largest absolute Gasteiger partial charge is 0.472 e. The van der Waals surface area contributed by atoms with Gasteiger partial charge in [-0.25, -0.2) is 4.98 Å². The summed E-state index contributed by atoms with van der Waals surface area (Å²) in [4.78, 5) is 22.2. The number of carbonyl (C=O) groups excluding carboxylic acids is 1. The van der Waals surface area contributed by atoms with E-state index in [0.717, 1.165) is 25.8 Å². The lowest BCUT2D eigenvalue weighted by molar-refractivity contribution is -0.133. The minimum Gasteiger partial charge on any atom is -0.472 e. The van der Waals surface area contributed by atoms with Gasteiger partial charge in [-0.1, -0.05) is 6.08 Å². The molecule has 0 radical (unpaired) electrons. The van der Waals surface area contributed by atoms with Crippen LogP contribution in [0.25, 0.3) is 0 Å². The summed E-state index contributed by atoms with van der Waals surface area (Å²) >= 11 is 0. The van der Waals surface area contributed by atoms with Crippen molar-refractivity contribution in [1.82, 2.24) is 14.9 Å². The fourth-order valence-corrected chi connectivity index (χ4v) is 2.32. The van der Waals surface area contributed by atoms with Gasteiger partial charge in [0.05, 0.1) is 6.54 Å². The first-order chi connectivity index (χ1) is 9.69. The van der Waals surface area contributed by atoms with E-state index in [9.17, 15) is 4.79 Å². The van der Waals surface area contributed by atoms with Crippen LogP contribution in [0, 0.1) is 6.92 Å². The summed E-state index contributed by atoms with van der Waals surface area (Å²) in [6.07, 6.45) is 6.66. The third-order valence-electron chi connectivity index (χ3n) is 3.33. The zero-order valence-electron chi connectivity index (χ0n) is 11.9. The zero-order valence-corrected chi connectivity index (χ0v) is 11.9. The molecule has 1 aliphatic heterocycles. The van der Waals surface area contributed by atoms with Gasteiger partial charge in [-0.05, 0) is 26.2 Å². The summed E-state index contributed by atoms with van der Waals surface area (Å²) in [6, 6.07) is 1.76. The summed E-state index contributed by atoms with van der Waals surface area (Å²) in [5.41, 5.74) is 0. The summed E-state index contributed by atoms with van der Waals surface area (Å²) < 4.78 is 5.86. The zero-order chi connectivity index (χ0) is 14.4. The Labute approximate surface area is 119 Å². The second-order valence-electron chi connectivity index (χ2n) is 4.99. The van der Waals surface area contributed by atoms with Crippen molar-refractivity contribution in [1.29, 1.82) is 0 Å². The van der Waals surface area contributed by atoms with E-state index in [1.165, 1.54) is 0 Å². The molecule has 1 aromatic heterocycles. The number of likely N-dealkylation sites (tertiary alicyclic amines) is 1. The Kier molecular flexibility index (Phi) is 5.09. The summed E-state index contributed by atoms with van der Waals surface area (Å²) in [7, 11) is 0. The fourth-order valence-electron chi connectivity index (χ4n) is 2.32. The molecule has 1 atom stereocenters. The number of aromatic nitrogens is 2. The maximum Gasteiger partial charge on any atom is 0.223 e. The van der Waals surface area contributed by atoms with Crippen LogP contribution in [0.4, 0.5) is 0 Å². The van der Waals surface area contributed by atoms with Crippen LogP contribution in [-0.4, -0.2) is 40.0 Å². The van der Waals surface area contributed by atoms with Crippen LogP contribution in [0.2, 0.25) is 0 Å². The predicted octanol–water partition coefficient (Wildman–Crippen LogP) is 2.12. The molecule has 1 aromatic rings. The Morgan fingerprint density at radius 2 is 2.50 bits per heavy atom. The fraction of sp³-hybridized carbons (Fsp3) is 0.533. The van der Waals surface area contributed by atoms with Crippen molar-refractivity contribution in [2.24, 2.45) is 0 Å². The van der Waals surface area contributed by atoms with Crippen LogP contribution in [0.15, 0.2) is 24.9 Å². The van der Waals surface area contributed by atoms with E-state index >= 15 is 0 Å². The van der Waals surface area contributed by atoms with Crippen LogP contribution in [0.3, 0.4) is 0 Å². The number of carbonyl (C=O) groups is 1. The van der Waals surface area contributed by atoms with Gasteiger partial charge in [-0.15, -0.1) is 6.58 Å².